The summed E-state index contributed by atoms with van der Waals surface area (Å²) < 4.78 is 4.85. The molecule has 2 aromatic carbocycles. The molecule has 1 saturated heterocycles. The van der Waals surface area contributed by atoms with E-state index >= 15 is 0 Å². The zero-order chi connectivity index (χ0) is 24.5. The van der Waals surface area contributed by atoms with Crippen LogP contribution in [0.25, 0.3) is 0 Å². The van der Waals surface area contributed by atoms with Gasteiger partial charge in [-0.15, -0.1) is 0 Å². The van der Waals surface area contributed by atoms with Crippen LogP contribution < -0.4 is 5.32 Å². The zero-order valence-electron chi connectivity index (χ0n) is 20.5. The van der Waals surface area contributed by atoms with E-state index in [-0.39, 0.29) is 17.9 Å². The Morgan fingerprint density at radius 2 is 1.85 bits per heavy atom. The normalized spacial score (nSPS) is 25.7. The van der Waals surface area contributed by atoms with Gasteiger partial charge in [0.15, 0.2) is 0 Å². The van der Waals surface area contributed by atoms with Crippen molar-refractivity contribution in [3.63, 3.8) is 0 Å². The number of ether oxygens (including phenoxy) is 1. The summed E-state index contributed by atoms with van der Waals surface area (Å²) in [5.74, 6) is 1.05. The third-order valence-electron chi connectivity index (χ3n) is 7.76. The van der Waals surface area contributed by atoms with Gasteiger partial charge in [-0.25, -0.2) is 4.79 Å². The number of nitrogens with one attached hydrogen (secondary N) is 1. The van der Waals surface area contributed by atoms with Crippen LogP contribution in [0, 0.1) is 11.8 Å². The smallest absolute Gasteiger partial charge is 0.337 e. The number of methoxy groups -OCH3 is 1. The largest absolute Gasteiger partial charge is 0.465 e. The van der Waals surface area contributed by atoms with Gasteiger partial charge in [0.25, 0.3) is 0 Å². The van der Waals surface area contributed by atoms with E-state index in [9.17, 15) is 9.59 Å². The van der Waals surface area contributed by atoms with Gasteiger partial charge in [0.05, 0.1) is 24.4 Å². The van der Waals surface area contributed by atoms with E-state index in [0.717, 1.165) is 43.2 Å². The number of halogens is 1. The predicted molar refractivity (Wildman–Crippen MR) is 135 cm³/mol. The topological polar surface area (TPSA) is 58.6 Å². The highest BCUT2D eigenvalue weighted by Gasteiger charge is 2.54. The quantitative estimate of drug-likeness (QED) is 0.491. The zero-order valence-corrected chi connectivity index (χ0v) is 21.3. The highest BCUT2D eigenvalue weighted by Crippen LogP contribution is 2.48. The Bertz CT molecular complexity index is 1030. The molecular formula is C28H35ClN2O3. The second-order valence-electron chi connectivity index (χ2n) is 9.99. The lowest BCUT2D eigenvalue weighted by atomic mass is 9.76. The molecule has 2 aromatic rings. The minimum absolute atomic E-state index is 0.0912. The number of carbonyl (C=O) groups is 2. The van der Waals surface area contributed by atoms with Gasteiger partial charge in [0.2, 0.25) is 5.91 Å². The van der Waals surface area contributed by atoms with Crippen LogP contribution in [0.5, 0.6) is 0 Å². The molecule has 1 unspecified atom stereocenters. The molecule has 2 fully saturated rings. The van der Waals surface area contributed by atoms with Crippen molar-refractivity contribution in [3.05, 3.63) is 70.2 Å². The van der Waals surface area contributed by atoms with Gasteiger partial charge in [-0.3, -0.25) is 10.1 Å². The first-order valence-corrected chi connectivity index (χ1v) is 12.7. The van der Waals surface area contributed by atoms with Crippen molar-refractivity contribution in [2.24, 2.45) is 11.8 Å². The third kappa shape index (κ3) is 4.60. The highest BCUT2D eigenvalue weighted by atomic mass is 35.5. The Hall–Kier alpha value is -2.37. The first-order chi connectivity index (χ1) is 16.3. The number of carbonyl (C=O) groups excluding carboxylic acids is 2. The van der Waals surface area contributed by atoms with E-state index in [0.29, 0.717) is 22.4 Å². The summed E-state index contributed by atoms with van der Waals surface area (Å²) in [6.45, 7) is 6.70. The number of amides is 1. The van der Waals surface area contributed by atoms with E-state index < -0.39 is 11.7 Å². The molecule has 1 aliphatic carbocycles. The maximum absolute atomic E-state index is 14.0. The maximum atomic E-state index is 14.0. The minimum atomic E-state index is -0.419. The molecule has 5 nitrogen and oxygen atoms in total. The first kappa shape index (κ1) is 24.7. The van der Waals surface area contributed by atoms with Gasteiger partial charge in [-0.05, 0) is 79.3 Å². The summed E-state index contributed by atoms with van der Waals surface area (Å²) in [4.78, 5) is 28.1. The fourth-order valence-electron chi connectivity index (χ4n) is 5.81. The van der Waals surface area contributed by atoms with Crippen molar-refractivity contribution < 1.29 is 14.3 Å². The number of benzene rings is 2. The van der Waals surface area contributed by atoms with Crippen molar-refractivity contribution >= 4 is 23.5 Å². The van der Waals surface area contributed by atoms with Gasteiger partial charge in [0.1, 0.15) is 6.04 Å². The van der Waals surface area contributed by atoms with E-state index in [4.69, 9.17) is 16.3 Å². The predicted octanol–water partition coefficient (Wildman–Crippen LogP) is 6.29. The van der Waals surface area contributed by atoms with Crippen LogP contribution in [0.2, 0.25) is 5.02 Å². The van der Waals surface area contributed by atoms with Crippen molar-refractivity contribution in [2.45, 2.75) is 70.6 Å². The molecule has 1 heterocycles. The molecule has 1 amide bonds. The number of rotatable bonds is 6. The lowest BCUT2D eigenvalue weighted by Gasteiger charge is -2.47. The van der Waals surface area contributed by atoms with Gasteiger partial charge < -0.3 is 9.64 Å². The Labute approximate surface area is 207 Å². The van der Waals surface area contributed by atoms with Crippen molar-refractivity contribution in [1.29, 1.82) is 0 Å². The Balaban J connectivity index is 1.71. The Morgan fingerprint density at radius 3 is 2.41 bits per heavy atom. The van der Waals surface area contributed by atoms with E-state index in [1.54, 1.807) is 12.1 Å². The molecule has 2 atom stereocenters. The first-order valence-electron chi connectivity index (χ1n) is 12.3. The minimum Gasteiger partial charge on any atom is -0.465 e. The lowest BCUT2D eigenvalue weighted by Crippen LogP contribution is -2.55. The van der Waals surface area contributed by atoms with Gasteiger partial charge in [-0.1, -0.05) is 56.6 Å². The van der Waals surface area contributed by atoms with E-state index in [1.807, 2.05) is 36.4 Å². The molecule has 1 spiro atoms. The fourth-order valence-corrected chi connectivity index (χ4v) is 6.01. The second-order valence-corrected chi connectivity index (χ2v) is 10.4. The average Bonchev–Trinajstić information content (AvgIpc) is 3.11. The average molecular weight is 483 g/mol. The second kappa shape index (κ2) is 10.1. The molecular weight excluding hydrogens is 448 g/mol. The van der Waals surface area contributed by atoms with Crippen LogP contribution in [0.3, 0.4) is 0 Å². The van der Waals surface area contributed by atoms with E-state index in [2.05, 4.69) is 31.0 Å². The standard InChI is InChI=1S/C28H35ClN2O3/c1-5-24(20-9-11-21(12-10-20)27(33)34-4)31-26(32)25(22-7-6-8-23(29)17-22)30-28(31)15-13-19(14-16-28)18(2)3/h6-12,17-19,24-25,30H,5,13-16H2,1-4H3/t19?,24?,25-,28?/m0/s1. The summed E-state index contributed by atoms with van der Waals surface area (Å²) in [5.41, 5.74) is 2.05. The number of hydrogen-bond donors (Lipinski definition) is 1. The highest BCUT2D eigenvalue weighted by molar-refractivity contribution is 6.30. The number of nitrogens with zero attached hydrogens (tertiary/aromatic N) is 1. The maximum Gasteiger partial charge on any atom is 0.337 e. The molecule has 1 N–H and O–H groups in total. The summed E-state index contributed by atoms with van der Waals surface area (Å²) in [5, 5.41) is 4.41. The molecule has 182 valence electrons. The summed E-state index contributed by atoms with van der Waals surface area (Å²) in [7, 11) is 1.38. The monoisotopic (exact) mass is 482 g/mol. The molecule has 1 saturated carbocycles. The van der Waals surface area contributed by atoms with Crippen LogP contribution in [0.4, 0.5) is 0 Å². The fraction of sp³-hybridized carbons (Fsp3) is 0.500. The van der Waals surface area contributed by atoms with E-state index in [1.165, 1.54) is 7.11 Å². The molecule has 34 heavy (non-hydrogen) atoms. The van der Waals surface area contributed by atoms with Crippen molar-refractivity contribution in [1.82, 2.24) is 10.2 Å². The van der Waals surface area contributed by atoms with Crippen LogP contribution >= 0.6 is 11.6 Å². The molecule has 2 aliphatic rings. The molecule has 0 radical (unpaired) electrons. The molecule has 0 aromatic heterocycles. The molecule has 1 aliphatic heterocycles. The van der Waals surface area contributed by atoms with Crippen LogP contribution in [0.15, 0.2) is 48.5 Å². The van der Waals surface area contributed by atoms with Crippen LogP contribution in [-0.4, -0.2) is 29.5 Å². The molecule has 4 rings (SSSR count). The Morgan fingerprint density at radius 1 is 1.18 bits per heavy atom. The van der Waals surface area contributed by atoms with Crippen molar-refractivity contribution in [2.75, 3.05) is 7.11 Å². The van der Waals surface area contributed by atoms with Gasteiger partial charge in [-0.2, -0.15) is 0 Å². The SMILES string of the molecule is CCC(c1ccc(C(=O)OC)cc1)N1C(=O)[C@H](c2cccc(Cl)c2)NC12CCC(C(C)C)CC2. The van der Waals surface area contributed by atoms with Crippen LogP contribution in [-0.2, 0) is 9.53 Å². The number of hydrogen-bond acceptors (Lipinski definition) is 4. The van der Waals surface area contributed by atoms with Gasteiger partial charge >= 0.3 is 5.97 Å². The van der Waals surface area contributed by atoms with Gasteiger partial charge in [0, 0.05) is 5.02 Å². The lowest BCUT2D eigenvalue weighted by molar-refractivity contribution is -0.137. The summed E-state index contributed by atoms with van der Waals surface area (Å²) >= 11 is 6.29. The molecule has 0 bridgehead atoms. The summed E-state index contributed by atoms with van der Waals surface area (Å²) in [6, 6.07) is 14.6. The van der Waals surface area contributed by atoms with Crippen LogP contribution in [0.1, 0.15) is 86.4 Å². The number of esters is 1. The van der Waals surface area contributed by atoms with Crippen molar-refractivity contribution in [3.8, 4) is 0 Å². The Kier molecular flexibility index (Phi) is 7.34. The molecule has 6 heteroatoms. The third-order valence-corrected chi connectivity index (χ3v) is 7.99. The summed E-state index contributed by atoms with van der Waals surface area (Å²) in [6.07, 6.45) is 4.82.